The lowest BCUT2D eigenvalue weighted by molar-refractivity contribution is 0.215. The molecule has 0 aromatic carbocycles. The summed E-state index contributed by atoms with van der Waals surface area (Å²) >= 11 is 0. The Kier molecular flexibility index (Phi) is 108. The van der Waals surface area contributed by atoms with E-state index in [0.717, 1.165) is 12.5 Å². The van der Waals surface area contributed by atoms with Crippen molar-refractivity contribution in [2.75, 3.05) is 24.5 Å². The standard InChI is InChI=1S/C5H12O2S.2C4H11NO2S.3C3H7F.3C3H9N.3C3H8O.2CH4/c1-5(2)4-8(3,6)7;2*1-4(2)5-8(3,6)7;9*1-3(2)4;;/h5H,4H2,1-3H3;2*4-5H,1-3H3;3*3H,1-2H3;3*3H,4H2,1-2H3;3*3-4H,1-2H3;2*1H4. The molecule has 0 amide bonds. The molecule has 0 radical (unpaired) electrons. The first-order chi connectivity index (χ1) is 25.8. The average molecular weight is 987 g/mol. The van der Waals surface area contributed by atoms with Gasteiger partial charge in [0.2, 0.25) is 20.0 Å². The molecule has 0 atom stereocenters. The zero-order valence-corrected chi connectivity index (χ0v) is 46.0. The molecule has 0 bridgehead atoms. The van der Waals surface area contributed by atoms with Crippen molar-refractivity contribution in [1.29, 1.82) is 0 Å². The number of sulfonamides is 2. The van der Waals surface area contributed by atoms with E-state index in [0.29, 0.717) is 23.9 Å². The van der Waals surface area contributed by atoms with E-state index in [4.69, 9.17) is 32.5 Å². The van der Waals surface area contributed by atoms with Crippen LogP contribution in [-0.4, -0.2) is 132 Å². The highest BCUT2D eigenvalue weighted by molar-refractivity contribution is 7.90. The number of rotatable bonds is 6. The molecule has 0 rings (SSSR count). The van der Waals surface area contributed by atoms with E-state index >= 15 is 0 Å². The molecule has 0 spiro atoms. The zero-order valence-electron chi connectivity index (χ0n) is 43.5. The molecule has 20 heteroatoms. The van der Waals surface area contributed by atoms with E-state index in [1.54, 1.807) is 69.2 Å². The van der Waals surface area contributed by atoms with Crippen molar-refractivity contribution in [2.45, 2.75) is 248 Å². The van der Waals surface area contributed by atoms with Gasteiger partial charge in [0, 0.05) is 36.7 Å². The normalized spacial score (nSPS) is 10.1. The Balaban J connectivity index is -0.0000000342. The molecule has 14 nitrogen and oxygen atoms in total. The molecule has 62 heavy (non-hydrogen) atoms. The SMILES string of the molecule is C.C.CC(C)CS(C)(=O)=O.CC(C)F.CC(C)F.CC(C)F.CC(C)N.CC(C)N.CC(C)N.CC(C)NS(C)(=O)=O.CC(C)NS(C)(=O)=O.CC(C)O.CC(C)O.CC(C)O. The summed E-state index contributed by atoms with van der Waals surface area (Å²) in [5.41, 5.74) is 15.3. The Bertz CT molecular complexity index is 864. The highest BCUT2D eigenvalue weighted by Gasteiger charge is 2.04. The summed E-state index contributed by atoms with van der Waals surface area (Å²) in [6.45, 7) is 41.9. The van der Waals surface area contributed by atoms with E-state index in [2.05, 4.69) is 9.44 Å². The van der Waals surface area contributed by atoms with E-state index in [1.807, 2.05) is 55.4 Å². The Hall–Kier alpha value is -0.680. The highest BCUT2D eigenvalue weighted by Crippen LogP contribution is 1.95. The van der Waals surface area contributed by atoms with Crippen LogP contribution in [0, 0.1) is 5.92 Å². The van der Waals surface area contributed by atoms with Gasteiger partial charge in [0.05, 0.1) is 36.8 Å². The maximum Gasteiger partial charge on any atom is 0.208 e. The van der Waals surface area contributed by atoms with Crippen LogP contribution in [0.2, 0.25) is 0 Å². The maximum atomic E-state index is 11.0. The number of aliphatic hydroxyl groups excluding tert-OH is 3. The van der Waals surface area contributed by atoms with E-state index < -0.39 is 48.4 Å². The quantitative estimate of drug-likeness (QED) is 0.125. The fourth-order valence-electron chi connectivity index (χ4n) is 1.46. The number of nitrogens with two attached hydrogens (primary N) is 3. The minimum absolute atomic E-state index is 0. The Morgan fingerprint density at radius 3 is 0.500 bits per heavy atom. The van der Waals surface area contributed by atoms with Crippen molar-refractivity contribution in [3.8, 4) is 0 Å². The first-order valence-corrected chi connectivity index (χ1v) is 26.0. The molecule has 0 aliphatic rings. The van der Waals surface area contributed by atoms with Crippen LogP contribution < -0.4 is 26.6 Å². The average Bonchev–Trinajstić information content (AvgIpc) is 2.76. The molecule has 0 heterocycles. The van der Waals surface area contributed by atoms with Crippen molar-refractivity contribution in [3.05, 3.63) is 0 Å². The number of hydrogen-bond acceptors (Lipinski definition) is 12. The third-order valence-electron chi connectivity index (χ3n) is 1.54. The third kappa shape index (κ3) is 984. The number of halogens is 3. The maximum absolute atomic E-state index is 11.0. The van der Waals surface area contributed by atoms with Gasteiger partial charge in [-0.05, 0) is 135 Å². The second kappa shape index (κ2) is 66.9. The van der Waals surface area contributed by atoms with Crippen molar-refractivity contribution in [1.82, 2.24) is 9.44 Å². The molecule has 0 aliphatic heterocycles. The van der Waals surface area contributed by atoms with Crippen LogP contribution in [0.15, 0.2) is 0 Å². The van der Waals surface area contributed by atoms with Gasteiger partial charge in [-0.25, -0.2) is 47.9 Å². The third-order valence-corrected chi connectivity index (χ3v) is 4.61. The van der Waals surface area contributed by atoms with Gasteiger partial charge in [-0.2, -0.15) is 0 Å². The summed E-state index contributed by atoms with van der Waals surface area (Å²) in [5, 5.41) is 24.2. The lowest BCUT2D eigenvalue weighted by Crippen LogP contribution is -2.28. The van der Waals surface area contributed by atoms with Gasteiger partial charge in [-0.3, -0.25) is 0 Å². The predicted octanol–water partition coefficient (Wildman–Crippen LogP) is 8.16. The van der Waals surface area contributed by atoms with Crippen molar-refractivity contribution < 1.29 is 53.7 Å². The van der Waals surface area contributed by atoms with Gasteiger partial charge < -0.3 is 32.5 Å². The zero-order chi connectivity index (χ0) is 52.5. The summed E-state index contributed by atoms with van der Waals surface area (Å²) in [6, 6.07) is 1.01. The summed E-state index contributed by atoms with van der Waals surface area (Å²) in [7, 11) is -8.67. The highest BCUT2D eigenvalue weighted by atomic mass is 32.2. The minimum atomic E-state index is -2.97. The summed E-state index contributed by atoms with van der Waals surface area (Å²) in [6.07, 6.45) is 1.05. The van der Waals surface area contributed by atoms with Crippen LogP contribution in [0.1, 0.15) is 181 Å². The second-order valence-corrected chi connectivity index (χ2v) is 22.4. The van der Waals surface area contributed by atoms with Gasteiger partial charge in [-0.15, -0.1) is 0 Å². The molecule has 400 valence electrons. The fraction of sp³-hybridized carbons (Fsp3) is 1.00. The van der Waals surface area contributed by atoms with Crippen LogP contribution >= 0.6 is 0 Å². The van der Waals surface area contributed by atoms with Crippen LogP contribution in [0.5, 0.6) is 0 Å². The van der Waals surface area contributed by atoms with Gasteiger partial charge >= 0.3 is 0 Å². The van der Waals surface area contributed by atoms with Gasteiger partial charge in [0.1, 0.15) is 9.84 Å². The van der Waals surface area contributed by atoms with Crippen molar-refractivity contribution >= 4 is 29.9 Å². The van der Waals surface area contributed by atoms with E-state index in [9.17, 15) is 38.4 Å². The first kappa shape index (κ1) is 99.6. The molecular weight excluding hydrogens is 872 g/mol. The Labute approximate surface area is 387 Å². The largest absolute Gasteiger partial charge is 0.394 e. The fourth-order valence-corrected chi connectivity index (χ4v) is 4.39. The second-order valence-electron chi connectivity index (χ2n) is 16.6. The van der Waals surface area contributed by atoms with Crippen molar-refractivity contribution in [2.24, 2.45) is 23.1 Å². The predicted molar refractivity (Wildman–Crippen MR) is 273 cm³/mol. The van der Waals surface area contributed by atoms with Crippen LogP contribution in [0.4, 0.5) is 13.2 Å². The molecule has 0 saturated heterocycles. The Morgan fingerprint density at radius 2 is 0.500 bits per heavy atom. The Morgan fingerprint density at radius 1 is 0.403 bits per heavy atom. The van der Waals surface area contributed by atoms with Crippen LogP contribution in [0.25, 0.3) is 0 Å². The van der Waals surface area contributed by atoms with Crippen molar-refractivity contribution in [3.63, 3.8) is 0 Å². The molecule has 0 unspecified atom stereocenters. The number of aliphatic hydroxyl groups is 3. The lowest BCUT2D eigenvalue weighted by atomic mass is 10.3. The lowest BCUT2D eigenvalue weighted by Gasteiger charge is -2.02. The molecular formula is C42H114F3N5O9S3. The number of sulfone groups is 1. The molecule has 11 N–H and O–H groups in total. The number of nitrogens with one attached hydrogen (secondary N) is 2. The number of alkyl halides is 3. The minimum Gasteiger partial charge on any atom is -0.394 e. The molecule has 0 fully saturated rings. The first-order valence-electron chi connectivity index (χ1n) is 20.2. The summed E-state index contributed by atoms with van der Waals surface area (Å²) < 4.78 is 99.9. The van der Waals surface area contributed by atoms with E-state index in [1.165, 1.54) is 47.8 Å². The molecule has 0 aliphatic carbocycles. The van der Waals surface area contributed by atoms with Gasteiger partial charge in [0.25, 0.3) is 0 Å². The summed E-state index contributed by atoms with van der Waals surface area (Å²) in [5.74, 6) is 0.553. The molecule has 0 saturated carbocycles. The topological polar surface area (TPSA) is 265 Å². The molecule has 0 aromatic rings. The van der Waals surface area contributed by atoms with Crippen LogP contribution in [-0.2, 0) is 29.9 Å². The van der Waals surface area contributed by atoms with Gasteiger partial charge in [0.15, 0.2) is 0 Å². The van der Waals surface area contributed by atoms with Crippen LogP contribution in [0.3, 0.4) is 0 Å². The molecule has 0 aromatic heterocycles. The monoisotopic (exact) mass is 986 g/mol. The number of hydrogen-bond donors (Lipinski definition) is 8. The smallest absolute Gasteiger partial charge is 0.208 e. The van der Waals surface area contributed by atoms with Gasteiger partial charge in [-0.1, -0.05) is 70.2 Å². The summed E-state index contributed by atoms with van der Waals surface area (Å²) in [4.78, 5) is 0. The van der Waals surface area contributed by atoms with E-state index in [-0.39, 0.29) is 51.2 Å².